The molecule has 12 heavy (non-hydrogen) atoms. The molecule has 0 aromatic carbocycles. The molecule has 1 saturated heterocycles. The summed E-state index contributed by atoms with van der Waals surface area (Å²) < 4.78 is 18.6. The zero-order valence-corrected chi connectivity index (χ0v) is 8.18. The van der Waals surface area contributed by atoms with Gasteiger partial charge in [-0.2, -0.15) is 0 Å². The normalized spacial score (nSPS) is 23.1. The Morgan fingerprint density at radius 2 is 2.17 bits per heavy atom. The molecule has 0 aromatic rings. The fraction of sp³-hybridized carbons (Fsp3) is 0.750. The van der Waals surface area contributed by atoms with Crippen LogP contribution < -0.4 is 0 Å². The lowest BCUT2D eigenvalue weighted by molar-refractivity contribution is 0.0753. The van der Waals surface area contributed by atoms with Gasteiger partial charge >= 0.3 is 0 Å². The fourth-order valence-corrected chi connectivity index (χ4v) is 2.16. The summed E-state index contributed by atoms with van der Waals surface area (Å²) in [5.41, 5.74) is 0. The van der Waals surface area contributed by atoms with Crippen LogP contribution in [-0.4, -0.2) is 40.6 Å². The van der Waals surface area contributed by atoms with Gasteiger partial charge in [-0.05, 0) is 6.92 Å². The number of hydrogen-bond acceptors (Lipinski definition) is 2. The van der Waals surface area contributed by atoms with Gasteiger partial charge in [-0.3, -0.25) is 0 Å². The molecule has 4 heteroatoms. The summed E-state index contributed by atoms with van der Waals surface area (Å²) in [6.45, 7) is 4.95. The molecule has 0 bridgehead atoms. The molecule has 0 radical (unpaired) electrons. The third kappa shape index (κ3) is 3.05. The molecule has 70 valence electrons. The maximum atomic E-state index is 11.5. The molecule has 3 nitrogen and oxygen atoms in total. The average molecular weight is 189 g/mol. The summed E-state index contributed by atoms with van der Waals surface area (Å²) in [5.74, 6) is 0.635. The van der Waals surface area contributed by atoms with Gasteiger partial charge in [-0.1, -0.05) is 12.2 Å². The highest BCUT2D eigenvalue weighted by atomic mass is 32.2. The van der Waals surface area contributed by atoms with E-state index in [0.29, 0.717) is 19.0 Å². The van der Waals surface area contributed by atoms with E-state index in [2.05, 4.69) is 0 Å². The van der Waals surface area contributed by atoms with Crippen LogP contribution in [0.1, 0.15) is 6.92 Å². The lowest BCUT2D eigenvalue weighted by atomic mass is 10.5. The quantitative estimate of drug-likeness (QED) is 0.607. The third-order valence-corrected chi connectivity index (χ3v) is 3.15. The Labute approximate surface area is 76.0 Å². The number of allylic oxidation sites excluding steroid dienone is 1. The largest absolute Gasteiger partial charge is 0.379 e. The molecule has 1 fully saturated rings. The number of ether oxygens (including phenoxy) is 1. The maximum absolute atomic E-state index is 11.5. The van der Waals surface area contributed by atoms with Crippen LogP contribution in [0, 0.1) is 0 Å². The molecule has 1 aliphatic heterocycles. The summed E-state index contributed by atoms with van der Waals surface area (Å²) in [6.07, 6.45) is 3.87. The molecule has 1 aliphatic rings. The van der Waals surface area contributed by atoms with Crippen LogP contribution in [0.5, 0.6) is 0 Å². The summed E-state index contributed by atoms with van der Waals surface area (Å²) in [7, 11) is -0.840. The lowest BCUT2D eigenvalue weighted by Crippen LogP contribution is -2.38. The molecule has 1 heterocycles. The van der Waals surface area contributed by atoms with Crippen LogP contribution in [0.2, 0.25) is 0 Å². The van der Waals surface area contributed by atoms with Crippen LogP contribution in [0.4, 0.5) is 0 Å². The van der Waals surface area contributed by atoms with Gasteiger partial charge in [0, 0.05) is 13.1 Å². The highest BCUT2D eigenvalue weighted by Gasteiger charge is 2.14. The highest BCUT2D eigenvalue weighted by molar-refractivity contribution is 7.82. The van der Waals surface area contributed by atoms with Gasteiger partial charge in [-0.25, -0.2) is 8.51 Å². The molecule has 0 saturated carbocycles. The van der Waals surface area contributed by atoms with Crippen molar-refractivity contribution in [3.8, 4) is 0 Å². The Morgan fingerprint density at radius 1 is 1.50 bits per heavy atom. The van der Waals surface area contributed by atoms with Crippen molar-refractivity contribution in [1.29, 1.82) is 0 Å². The Balaban J connectivity index is 2.29. The van der Waals surface area contributed by atoms with Crippen molar-refractivity contribution in [3.05, 3.63) is 12.2 Å². The zero-order chi connectivity index (χ0) is 8.81. The van der Waals surface area contributed by atoms with Gasteiger partial charge in [-0.15, -0.1) is 0 Å². The average Bonchev–Trinajstić information content (AvgIpc) is 2.15. The molecule has 0 aromatic heterocycles. The van der Waals surface area contributed by atoms with Gasteiger partial charge in [0.2, 0.25) is 0 Å². The topological polar surface area (TPSA) is 29.5 Å². The SMILES string of the molecule is C/C=C/CS(=O)N1CCOCC1. The minimum Gasteiger partial charge on any atom is -0.379 e. The summed E-state index contributed by atoms with van der Waals surface area (Å²) >= 11 is 0. The molecule has 1 rings (SSSR count). The summed E-state index contributed by atoms with van der Waals surface area (Å²) in [4.78, 5) is 0. The second-order valence-corrected chi connectivity index (χ2v) is 4.09. The van der Waals surface area contributed by atoms with Crippen molar-refractivity contribution < 1.29 is 8.95 Å². The molecule has 1 unspecified atom stereocenters. The van der Waals surface area contributed by atoms with Gasteiger partial charge < -0.3 is 4.74 Å². The predicted molar refractivity (Wildman–Crippen MR) is 50.2 cm³/mol. The molecule has 1 atom stereocenters. The van der Waals surface area contributed by atoms with Gasteiger partial charge in [0.05, 0.1) is 30.0 Å². The van der Waals surface area contributed by atoms with Crippen LogP contribution in [0.25, 0.3) is 0 Å². The smallest absolute Gasteiger partial charge is 0.0983 e. The summed E-state index contributed by atoms with van der Waals surface area (Å²) in [6, 6.07) is 0. The van der Waals surface area contributed by atoms with Gasteiger partial charge in [0.25, 0.3) is 0 Å². The molecular formula is C8H15NO2S. The lowest BCUT2D eigenvalue weighted by Gasteiger charge is -2.24. The minimum absolute atomic E-state index is 0.635. The highest BCUT2D eigenvalue weighted by Crippen LogP contribution is 2.01. The van der Waals surface area contributed by atoms with Crippen molar-refractivity contribution >= 4 is 11.0 Å². The number of nitrogens with zero attached hydrogens (tertiary/aromatic N) is 1. The first-order valence-electron chi connectivity index (χ1n) is 4.17. The monoisotopic (exact) mass is 189 g/mol. The van der Waals surface area contributed by atoms with Crippen LogP contribution in [0.15, 0.2) is 12.2 Å². The van der Waals surface area contributed by atoms with E-state index < -0.39 is 11.0 Å². The van der Waals surface area contributed by atoms with Crippen molar-refractivity contribution in [3.63, 3.8) is 0 Å². The Bertz CT molecular complexity index is 176. The molecule has 0 N–H and O–H groups in total. The van der Waals surface area contributed by atoms with E-state index in [1.54, 1.807) is 0 Å². The Hall–Kier alpha value is -0.190. The standard InChI is InChI=1S/C8H15NO2S/c1-2-3-8-12(10)9-4-6-11-7-5-9/h2-3H,4-8H2,1H3/b3-2+. The zero-order valence-electron chi connectivity index (χ0n) is 7.36. The van der Waals surface area contributed by atoms with E-state index >= 15 is 0 Å². The van der Waals surface area contributed by atoms with Crippen molar-refractivity contribution in [1.82, 2.24) is 4.31 Å². The van der Waals surface area contributed by atoms with Crippen LogP contribution in [-0.2, 0) is 15.7 Å². The van der Waals surface area contributed by atoms with Gasteiger partial charge in [0.15, 0.2) is 0 Å². The molecular weight excluding hydrogens is 174 g/mol. The predicted octanol–water partition coefficient (Wildman–Crippen LogP) is 0.558. The first-order valence-corrected chi connectivity index (χ1v) is 5.44. The van der Waals surface area contributed by atoms with E-state index in [0.717, 1.165) is 13.1 Å². The number of hydrogen-bond donors (Lipinski definition) is 0. The second-order valence-electron chi connectivity index (χ2n) is 2.60. The minimum atomic E-state index is -0.840. The summed E-state index contributed by atoms with van der Waals surface area (Å²) in [5, 5.41) is 0. The van der Waals surface area contributed by atoms with E-state index in [1.165, 1.54) is 0 Å². The van der Waals surface area contributed by atoms with E-state index in [-0.39, 0.29) is 0 Å². The number of rotatable bonds is 3. The molecule has 0 amide bonds. The maximum Gasteiger partial charge on any atom is 0.0983 e. The van der Waals surface area contributed by atoms with Gasteiger partial charge in [0.1, 0.15) is 0 Å². The second kappa shape index (κ2) is 5.45. The first-order chi connectivity index (χ1) is 5.84. The van der Waals surface area contributed by atoms with Crippen molar-refractivity contribution in [2.45, 2.75) is 6.92 Å². The fourth-order valence-electron chi connectivity index (χ4n) is 1.03. The van der Waals surface area contributed by atoms with E-state index in [4.69, 9.17) is 4.74 Å². The third-order valence-electron chi connectivity index (χ3n) is 1.73. The number of morpholine rings is 1. The Morgan fingerprint density at radius 3 is 2.75 bits per heavy atom. The molecule has 0 aliphatic carbocycles. The van der Waals surface area contributed by atoms with E-state index in [9.17, 15) is 4.21 Å². The van der Waals surface area contributed by atoms with Crippen LogP contribution in [0.3, 0.4) is 0 Å². The molecule has 0 spiro atoms. The first kappa shape index (κ1) is 9.89. The van der Waals surface area contributed by atoms with Crippen LogP contribution >= 0.6 is 0 Å². The van der Waals surface area contributed by atoms with Crippen molar-refractivity contribution in [2.75, 3.05) is 32.1 Å². The Kier molecular flexibility index (Phi) is 4.50. The van der Waals surface area contributed by atoms with Crippen molar-refractivity contribution in [2.24, 2.45) is 0 Å². The van der Waals surface area contributed by atoms with E-state index in [1.807, 2.05) is 23.4 Å².